The molecule has 0 bridgehead atoms. The lowest BCUT2D eigenvalue weighted by atomic mass is 10.1. The predicted molar refractivity (Wildman–Crippen MR) is 88.8 cm³/mol. The summed E-state index contributed by atoms with van der Waals surface area (Å²) in [6.07, 6.45) is 1.40. The number of carbonyl (C=O) groups is 2. The number of aryl methyl sites for hydroxylation is 1. The quantitative estimate of drug-likeness (QED) is 0.596. The molecule has 132 valence electrons. The van der Waals surface area contributed by atoms with Crippen LogP contribution in [0.1, 0.15) is 47.6 Å². The van der Waals surface area contributed by atoms with E-state index in [1.165, 1.54) is 0 Å². The molecule has 1 aromatic rings. The van der Waals surface area contributed by atoms with E-state index >= 15 is 0 Å². The first-order valence-corrected chi connectivity index (χ1v) is 10.1. The summed E-state index contributed by atoms with van der Waals surface area (Å²) in [5, 5.41) is 0. The number of ether oxygens (including phenoxy) is 1. The Labute approximate surface area is 142 Å². The maximum absolute atomic E-state index is 12.4. The van der Waals surface area contributed by atoms with Crippen molar-refractivity contribution in [2.45, 2.75) is 39.7 Å². The van der Waals surface area contributed by atoms with E-state index in [-0.39, 0.29) is 41.8 Å². The van der Waals surface area contributed by atoms with Crippen molar-refractivity contribution in [1.29, 1.82) is 0 Å². The average Bonchev–Trinajstić information content (AvgIpc) is 3.02. The molecule has 0 N–H and O–H groups in total. The zero-order valence-electron chi connectivity index (χ0n) is 14.2. The Morgan fingerprint density at radius 1 is 1.33 bits per heavy atom. The summed E-state index contributed by atoms with van der Waals surface area (Å²) in [4.78, 5) is 24.1. The van der Waals surface area contributed by atoms with Crippen LogP contribution in [-0.4, -0.2) is 42.9 Å². The van der Waals surface area contributed by atoms with Crippen molar-refractivity contribution in [2.75, 3.05) is 18.1 Å². The van der Waals surface area contributed by atoms with Gasteiger partial charge in [-0.25, -0.2) is 8.42 Å². The number of esters is 1. The largest absolute Gasteiger partial charge is 0.457 e. The molecule has 2 aliphatic rings. The van der Waals surface area contributed by atoms with Crippen molar-refractivity contribution < 1.29 is 22.7 Å². The van der Waals surface area contributed by atoms with E-state index in [1.54, 1.807) is 6.07 Å². The van der Waals surface area contributed by atoms with Gasteiger partial charge in [0.2, 0.25) is 5.78 Å². The maximum atomic E-state index is 12.4. The van der Waals surface area contributed by atoms with Crippen molar-refractivity contribution >= 4 is 21.6 Å². The van der Waals surface area contributed by atoms with Gasteiger partial charge in [0.25, 0.3) is 0 Å². The van der Waals surface area contributed by atoms with Crippen LogP contribution in [0.5, 0.6) is 0 Å². The van der Waals surface area contributed by atoms with Gasteiger partial charge < -0.3 is 9.30 Å². The fraction of sp³-hybridized carbons (Fsp3) is 0.647. The van der Waals surface area contributed by atoms with E-state index in [1.807, 2.05) is 25.3 Å². The fourth-order valence-corrected chi connectivity index (χ4v) is 5.27. The minimum absolute atomic E-state index is 0.0612. The summed E-state index contributed by atoms with van der Waals surface area (Å²) < 4.78 is 30.5. The van der Waals surface area contributed by atoms with E-state index in [0.29, 0.717) is 17.9 Å². The first-order chi connectivity index (χ1) is 11.2. The highest BCUT2D eigenvalue weighted by atomic mass is 32.2. The molecule has 1 aliphatic heterocycles. The third-order valence-corrected chi connectivity index (χ3v) is 6.87. The molecule has 1 aliphatic carbocycles. The molecule has 3 unspecified atom stereocenters. The summed E-state index contributed by atoms with van der Waals surface area (Å²) in [7, 11) is -2.99. The van der Waals surface area contributed by atoms with Crippen LogP contribution >= 0.6 is 0 Å². The van der Waals surface area contributed by atoms with E-state index < -0.39 is 9.84 Å². The highest BCUT2D eigenvalue weighted by Gasteiger charge is 2.40. The van der Waals surface area contributed by atoms with Crippen LogP contribution in [0.25, 0.3) is 0 Å². The zero-order chi connectivity index (χ0) is 17.6. The molecular formula is C17H23NO5S. The van der Waals surface area contributed by atoms with Crippen molar-refractivity contribution in [2.24, 2.45) is 11.8 Å². The standard InChI is InChI=1S/C17H23NO5S/c1-10-6-14(10)17(20)23-8-16(19)15-7-11(2)18(12(15)3)13-4-5-24(21,22)9-13/h7,10,13-14H,4-6,8-9H2,1-3H3. The van der Waals surface area contributed by atoms with Gasteiger partial charge in [-0.2, -0.15) is 0 Å². The van der Waals surface area contributed by atoms with Gasteiger partial charge in [0.15, 0.2) is 16.4 Å². The maximum Gasteiger partial charge on any atom is 0.309 e. The Morgan fingerprint density at radius 2 is 2.00 bits per heavy atom. The SMILES string of the molecule is Cc1cc(C(=O)COC(=O)C2CC2C)c(C)n1C1CCS(=O)(=O)C1. The average molecular weight is 353 g/mol. The number of Topliss-reactive ketones (excluding diaryl/α,β-unsaturated/α-hetero) is 1. The van der Waals surface area contributed by atoms with Crippen LogP contribution in [0, 0.1) is 25.7 Å². The molecule has 3 rings (SSSR count). The van der Waals surface area contributed by atoms with Gasteiger partial charge in [0, 0.05) is 23.0 Å². The first-order valence-electron chi connectivity index (χ1n) is 8.28. The van der Waals surface area contributed by atoms with Crippen LogP contribution in [0.2, 0.25) is 0 Å². The summed E-state index contributed by atoms with van der Waals surface area (Å²) in [6.45, 7) is 5.41. The van der Waals surface area contributed by atoms with Gasteiger partial charge >= 0.3 is 5.97 Å². The molecule has 7 heteroatoms. The molecule has 0 spiro atoms. The lowest BCUT2D eigenvalue weighted by molar-refractivity contribution is -0.144. The number of nitrogens with zero attached hydrogens (tertiary/aromatic N) is 1. The predicted octanol–water partition coefficient (Wildman–Crippen LogP) is 1.85. The second kappa shape index (κ2) is 6.02. The molecule has 0 radical (unpaired) electrons. The lowest BCUT2D eigenvalue weighted by Gasteiger charge is -2.16. The molecule has 3 atom stereocenters. The van der Waals surface area contributed by atoms with Crippen molar-refractivity contribution in [3.05, 3.63) is 23.0 Å². The number of hydrogen-bond donors (Lipinski definition) is 0. The van der Waals surface area contributed by atoms with E-state index in [0.717, 1.165) is 17.8 Å². The van der Waals surface area contributed by atoms with Gasteiger partial charge in [-0.1, -0.05) is 6.92 Å². The summed E-state index contributed by atoms with van der Waals surface area (Å²) in [5.41, 5.74) is 2.11. The highest BCUT2D eigenvalue weighted by Crippen LogP contribution is 2.38. The molecule has 6 nitrogen and oxygen atoms in total. The molecule has 0 aromatic carbocycles. The summed E-state index contributed by atoms with van der Waals surface area (Å²) in [5.74, 6) is 0.0556. The van der Waals surface area contributed by atoms with E-state index in [2.05, 4.69) is 0 Å². The Bertz CT molecular complexity index is 792. The van der Waals surface area contributed by atoms with Crippen LogP contribution < -0.4 is 0 Å². The smallest absolute Gasteiger partial charge is 0.309 e. The van der Waals surface area contributed by atoms with Gasteiger partial charge in [-0.15, -0.1) is 0 Å². The summed E-state index contributed by atoms with van der Waals surface area (Å²) in [6, 6.07) is 1.64. The van der Waals surface area contributed by atoms with Gasteiger partial charge in [-0.05, 0) is 38.7 Å². The second-order valence-corrected chi connectivity index (χ2v) is 9.29. The van der Waals surface area contributed by atoms with Crippen LogP contribution in [-0.2, 0) is 19.4 Å². The molecule has 24 heavy (non-hydrogen) atoms. The molecule has 2 heterocycles. The van der Waals surface area contributed by atoms with Crippen molar-refractivity contribution in [3.63, 3.8) is 0 Å². The van der Waals surface area contributed by atoms with Crippen LogP contribution in [0.4, 0.5) is 0 Å². The van der Waals surface area contributed by atoms with Gasteiger partial charge in [0.1, 0.15) is 0 Å². The highest BCUT2D eigenvalue weighted by molar-refractivity contribution is 7.91. The third-order valence-electron chi connectivity index (χ3n) is 5.12. The normalized spacial score (nSPS) is 27.9. The van der Waals surface area contributed by atoms with Crippen LogP contribution in [0.15, 0.2) is 6.07 Å². The monoisotopic (exact) mass is 353 g/mol. The molecular weight excluding hydrogens is 330 g/mol. The Balaban J connectivity index is 1.71. The molecule has 1 aromatic heterocycles. The number of carbonyl (C=O) groups excluding carboxylic acids is 2. The number of rotatable bonds is 5. The minimum atomic E-state index is -2.99. The number of ketones is 1. The minimum Gasteiger partial charge on any atom is -0.457 e. The molecule has 1 saturated carbocycles. The number of aromatic nitrogens is 1. The summed E-state index contributed by atoms with van der Waals surface area (Å²) >= 11 is 0. The molecule has 2 fully saturated rings. The van der Waals surface area contributed by atoms with Gasteiger partial charge in [-0.3, -0.25) is 9.59 Å². The molecule has 0 amide bonds. The second-order valence-electron chi connectivity index (χ2n) is 7.06. The number of hydrogen-bond acceptors (Lipinski definition) is 5. The van der Waals surface area contributed by atoms with Crippen LogP contribution in [0.3, 0.4) is 0 Å². The Morgan fingerprint density at radius 3 is 2.54 bits per heavy atom. The first kappa shape index (κ1) is 17.2. The molecule has 1 saturated heterocycles. The number of sulfone groups is 1. The van der Waals surface area contributed by atoms with Crippen molar-refractivity contribution in [3.8, 4) is 0 Å². The lowest BCUT2D eigenvalue weighted by Crippen LogP contribution is -2.17. The Hall–Kier alpha value is -1.63. The topological polar surface area (TPSA) is 82.4 Å². The fourth-order valence-electron chi connectivity index (χ4n) is 3.57. The Kier molecular flexibility index (Phi) is 4.32. The third kappa shape index (κ3) is 3.27. The van der Waals surface area contributed by atoms with E-state index in [4.69, 9.17) is 4.74 Å². The van der Waals surface area contributed by atoms with Crippen molar-refractivity contribution in [1.82, 2.24) is 4.57 Å². The van der Waals surface area contributed by atoms with E-state index in [9.17, 15) is 18.0 Å². The zero-order valence-corrected chi connectivity index (χ0v) is 15.1. The van der Waals surface area contributed by atoms with Gasteiger partial charge in [0.05, 0.1) is 17.4 Å².